The van der Waals surface area contributed by atoms with E-state index >= 15 is 4.39 Å². The molecule has 3 aliphatic rings. The first-order valence-electron chi connectivity index (χ1n) is 14.7. The van der Waals surface area contributed by atoms with Gasteiger partial charge in [-0.2, -0.15) is 9.97 Å². The lowest BCUT2D eigenvalue weighted by molar-refractivity contribution is -0.126. The zero-order chi connectivity index (χ0) is 29.1. The van der Waals surface area contributed by atoms with Crippen LogP contribution >= 0.6 is 0 Å². The Kier molecular flexibility index (Phi) is 8.38. The molecule has 3 aromatic rings. The van der Waals surface area contributed by atoms with Gasteiger partial charge in [-0.05, 0) is 36.8 Å². The van der Waals surface area contributed by atoms with Gasteiger partial charge in [0.2, 0.25) is 5.91 Å². The van der Waals surface area contributed by atoms with Gasteiger partial charge in [0.1, 0.15) is 12.4 Å². The van der Waals surface area contributed by atoms with Gasteiger partial charge in [0.25, 0.3) is 0 Å². The predicted molar refractivity (Wildman–Crippen MR) is 159 cm³/mol. The van der Waals surface area contributed by atoms with E-state index < -0.39 is 5.82 Å². The molecule has 0 radical (unpaired) electrons. The van der Waals surface area contributed by atoms with E-state index in [1.807, 2.05) is 29.2 Å². The average Bonchev–Trinajstić information content (AvgIpc) is 3.03. The SMILES string of the molecule is C=CC(=O)N1CCN(c2nc(OCCNC3CCOCC3)nc3c2CCN(c2c(F)c(O)cc4ccccc24)C3)CC1. The second kappa shape index (κ2) is 12.5. The maximum Gasteiger partial charge on any atom is 0.318 e. The first-order valence-corrected chi connectivity index (χ1v) is 14.7. The number of phenols is 1. The topological polar surface area (TPSA) is 103 Å². The van der Waals surface area contributed by atoms with E-state index in [-0.39, 0.29) is 17.7 Å². The molecule has 42 heavy (non-hydrogen) atoms. The van der Waals surface area contributed by atoms with Crippen molar-refractivity contribution in [2.45, 2.75) is 31.8 Å². The highest BCUT2D eigenvalue weighted by Gasteiger charge is 2.30. The van der Waals surface area contributed by atoms with Gasteiger partial charge < -0.3 is 34.6 Å². The zero-order valence-corrected chi connectivity index (χ0v) is 23.7. The molecule has 0 spiro atoms. The highest BCUT2D eigenvalue weighted by Crippen LogP contribution is 2.39. The Hall–Kier alpha value is -3.96. The van der Waals surface area contributed by atoms with Gasteiger partial charge in [-0.15, -0.1) is 0 Å². The summed E-state index contributed by atoms with van der Waals surface area (Å²) in [4.78, 5) is 27.7. The number of carbonyl (C=O) groups is 1. The number of aromatic nitrogens is 2. The number of hydrogen-bond acceptors (Lipinski definition) is 9. The van der Waals surface area contributed by atoms with Crippen LogP contribution in [-0.2, 0) is 22.5 Å². The first-order chi connectivity index (χ1) is 20.5. The van der Waals surface area contributed by atoms with Crippen LogP contribution in [0.1, 0.15) is 24.1 Å². The smallest absolute Gasteiger partial charge is 0.318 e. The fraction of sp³-hybridized carbons (Fsp3) is 0.452. The number of piperazine rings is 1. The van der Waals surface area contributed by atoms with Crippen molar-refractivity contribution >= 4 is 28.2 Å². The van der Waals surface area contributed by atoms with Gasteiger partial charge in [0, 0.05) is 69.5 Å². The van der Waals surface area contributed by atoms with Crippen LogP contribution in [0.3, 0.4) is 0 Å². The Labute approximate surface area is 244 Å². The van der Waals surface area contributed by atoms with E-state index in [2.05, 4.69) is 16.8 Å². The summed E-state index contributed by atoms with van der Waals surface area (Å²) in [5.41, 5.74) is 2.15. The number of carbonyl (C=O) groups excluding carboxylic acids is 1. The van der Waals surface area contributed by atoms with Crippen molar-refractivity contribution in [3.63, 3.8) is 0 Å². The summed E-state index contributed by atoms with van der Waals surface area (Å²) in [6.07, 6.45) is 3.92. The molecule has 2 saturated heterocycles. The third-order valence-electron chi connectivity index (χ3n) is 8.33. The summed E-state index contributed by atoms with van der Waals surface area (Å²) >= 11 is 0. The number of rotatable bonds is 8. The number of aromatic hydroxyl groups is 1. The molecule has 2 N–H and O–H groups in total. The molecular formula is C31H37FN6O4. The second-order valence-electron chi connectivity index (χ2n) is 10.9. The second-order valence-corrected chi connectivity index (χ2v) is 10.9. The molecule has 0 atom stereocenters. The third-order valence-corrected chi connectivity index (χ3v) is 8.33. The molecule has 11 heteroatoms. The number of benzene rings is 2. The number of ether oxygens (including phenoxy) is 2. The standard InChI is InChI=1S/C31H37FN6O4/c1-2-27(40)36-12-14-37(15-13-36)30-24-7-11-38(29-23-6-4-3-5-21(23)19-26(39)28(29)32)20-25(24)34-31(35-30)42-18-10-33-22-8-16-41-17-9-22/h2-6,19,22,33,39H,1,7-18,20H2. The molecule has 3 aliphatic heterocycles. The largest absolute Gasteiger partial charge is 0.505 e. The normalized spacial score (nSPS) is 17.8. The van der Waals surface area contributed by atoms with Gasteiger partial charge in [0.05, 0.1) is 17.9 Å². The summed E-state index contributed by atoms with van der Waals surface area (Å²) in [6, 6.07) is 9.65. The van der Waals surface area contributed by atoms with E-state index in [1.54, 1.807) is 4.90 Å². The van der Waals surface area contributed by atoms with E-state index in [1.165, 1.54) is 12.1 Å². The number of halogens is 1. The van der Waals surface area contributed by atoms with Crippen LogP contribution in [0.15, 0.2) is 43.0 Å². The molecule has 222 valence electrons. The highest BCUT2D eigenvalue weighted by molar-refractivity contribution is 5.96. The number of phenolic OH excluding ortho intramolecular Hbond substituents is 1. The minimum Gasteiger partial charge on any atom is -0.505 e. The van der Waals surface area contributed by atoms with Gasteiger partial charge in [-0.3, -0.25) is 4.79 Å². The van der Waals surface area contributed by atoms with Crippen LogP contribution < -0.4 is 19.9 Å². The summed E-state index contributed by atoms with van der Waals surface area (Å²) in [6.45, 7) is 9.51. The van der Waals surface area contributed by atoms with Gasteiger partial charge in [-0.1, -0.05) is 30.8 Å². The van der Waals surface area contributed by atoms with E-state index in [0.29, 0.717) is 70.6 Å². The number of amides is 1. The van der Waals surface area contributed by atoms with Crippen LogP contribution in [0.2, 0.25) is 0 Å². The number of nitrogens with zero attached hydrogens (tertiary/aromatic N) is 5. The molecule has 0 bridgehead atoms. The van der Waals surface area contributed by atoms with Crippen molar-refractivity contribution in [2.75, 3.05) is 68.9 Å². The lowest BCUT2D eigenvalue weighted by Gasteiger charge is -2.38. The van der Waals surface area contributed by atoms with Crippen molar-refractivity contribution in [3.8, 4) is 11.8 Å². The Morgan fingerprint density at radius 3 is 2.71 bits per heavy atom. The Morgan fingerprint density at radius 2 is 1.93 bits per heavy atom. The van der Waals surface area contributed by atoms with Gasteiger partial charge in [-0.25, -0.2) is 4.39 Å². The molecule has 1 amide bonds. The number of fused-ring (bicyclic) bond motifs is 2. The molecule has 0 saturated carbocycles. The zero-order valence-electron chi connectivity index (χ0n) is 23.7. The summed E-state index contributed by atoms with van der Waals surface area (Å²) in [5, 5.41) is 15.4. The highest BCUT2D eigenvalue weighted by atomic mass is 19.1. The number of hydrogen-bond donors (Lipinski definition) is 2. The predicted octanol–water partition coefficient (Wildman–Crippen LogP) is 3.02. The quantitative estimate of drug-likeness (QED) is 0.310. The minimum absolute atomic E-state index is 0.0728. The molecule has 10 nitrogen and oxygen atoms in total. The van der Waals surface area contributed by atoms with Crippen molar-refractivity contribution in [3.05, 3.63) is 60.1 Å². The number of nitrogens with one attached hydrogen (secondary N) is 1. The average molecular weight is 577 g/mol. The summed E-state index contributed by atoms with van der Waals surface area (Å²) in [7, 11) is 0. The fourth-order valence-electron chi connectivity index (χ4n) is 6.08. The Morgan fingerprint density at radius 1 is 1.14 bits per heavy atom. The lowest BCUT2D eigenvalue weighted by Crippen LogP contribution is -2.49. The van der Waals surface area contributed by atoms with E-state index in [0.717, 1.165) is 53.9 Å². The first kappa shape index (κ1) is 28.2. The Bertz CT molecular complexity index is 1460. The minimum atomic E-state index is -0.634. The summed E-state index contributed by atoms with van der Waals surface area (Å²) in [5.74, 6) is -0.272. The molecule has 2 aromatic carbocycles. The van der Waals surface area contributed by atoms with E-state index in [9.17, 15) is 9.90 Å². The maximum absolute atomic E-state index is 15.4. The monoisotopic (exact) mass is 576 g/mol. The van der Waals surface area contributed by atoms with Crippen molar-refractivity contribution in [1.29, 1.82) is 0 Å². The van der Waals surface area contributed by atoms with Crippen molar-refractivity contribution < 1.29 is 23.8 Å². The molecular weight excluding hydrogens is 539 g/mol. The molecule has 6 rings (SSSR count). The molecule has 2 fully saturated rings. The van der Waals surface area contributed by atoms with E-state index in [4.69, 9.17) is 19.4 Å². The van der Waals surface area contributed by atoms with Gasteiger partial charge in [0.15, 0.2) is 11.6 Å². The van der Waals surface area contributed by atoms with Crippen LogP contribution in [0.4, 0.5) is 15.9 Å². The van der Waals surface area contributed by atoms with Crippen LogP contribution in [0.25, 0.3) is 10.8 Å². The maximum atomic E-state index is 15.4. The van der Waals surface area contributed by atoms with Gasteiger partial charge >= 0.3 is 6.01 Å². The van der Waals surface area contributed by atoms with Crippen molar-refractivity contribution in [1.82, 2.24) is 20.2 Å². The Balaban J connectivity index is 1.26. The number of anilines is 2. The van der Waals surface area contributed by atoms with Crippen LogP contribution in [-0.4, -0.2) is 91.0 Å². The molecule has 1 aromatic heterocycles. The van der Waals surface area contributed by atoms with Crippen molar-refractivity contribution in [2.24, 2.45) is 0 Å². The summed E-state index contributed by atoms with van der Waals surface area (Å²) < 4.78 is 26.9. The molecule has 0 aliphatic carbocycles. The van der Waals surface area contributed by atoms with Crippen LogP contribution in [0, 0.1) is 5.82 Å². The lowest BCUT2D eigenvalue weighted by atomic mass is 10.0. The third kappa shape index (κ3) is 5.84. The fourth-order valence-corrected chi connectivity index (χ4v) is 6.08. The van der Waals surface area contributed by atoms with Crippen LogP contribution in [0.5, 0.6) is 11.8 Å². The molecule has 4 heterocycles. The molecule has 0 unspecified atom stereocenters.